The molecule has 1 fully saturated rings. The molecule has 0 bridgehead atoms. The molecule has 0 atom stereocenters. The summed E-state index contributed by atoms with van der Waals surface area (Å²) in [7, 11) is 0. The average molecular weight is 498 g/mol. The monoisotopic (exact) mass is 498 g/mol. The topological polar surface area (TPSA) is 59.8 Å². The van der Waals surface area contributed by atoms with Crippen molar-refractivity contribution in [2.45, 2.75) is 57.9 Å². The molecule has 0 radical (unpaired) electrons. The van der Waals surface area contributed by atoms with Gasteiger partial charge in [0.05, 0.1) is 23.1 Å². The van der Waals surface area contributed by atoms with E-state index in [9.17, 15) is 31.1 Å². The molecule has 11 heteroatoms. The van der Waals surface area contributed by atoms with Crippen LogP contribution < -0.4 is 5.32 Å². The van der Waals surface area contributed by atoms with Crippen LogP contribution in [0.15, 0.2) is 42.9 Å². The van der Waals surface area contributed by atoms with Crippen LogP contribution in [0.4, 0.5) is 32.0 Å². The van der Waals surface area contributed by atoms with Gasteiger partial charge in [-0.1, -0.05) is 13.8 Å². The van der Waals surface area contributed by atoms with Gasteiger partial charge in [0.2, 0.25) is 5.92 Å². The SMILES string of the molecule is CC.O=C(Nc1c(-c2cc(F)ccc2F)ccnc1C1CCC(F)(F)CC1)c1cnn(C(F)F)c1. The molecule has 1 amide bonds. The van der Waals surface area contributed by atoms with E-state index in [2.05, 4.69) is 15.4 Å². The van der Waals surface area contributed by atoms with Crippen LogP contribution in [0.5, 0.6) is 0 Å². The fourth-order valence-corrected chi connectivity index (χ4v) is 3.91. The third-order valence-corrected chi connectivity index (χ3v) is 5.60. The minimum Gasteiger partial charge on any atom is -0.320 e. The van der Waals surface area contributed by atoms with Crippen molar-refractivity contribution in [3.8, 4) is 11.1 Å². The maximum absolute atomic E-state index is 14.6. The minimum atomic E-state index is -2.96. The van der Waals surface area contributed by atoms with Gasteiger partial charge in [0.1, 0.15) is 11.6 Å². The summed E-state index contributed by atoms with van der Waals surface area (Å²) in [5.41, 5.74) is -0.0403. The van der Waals surface area contributed by atoms with Gasteiger partial charge < -0.3 is 5.32 Å². The number of amides is 1. The molecule has 1 saturated carbocycles. The lowest BCUT2D eigenvalue weighted by atomic mass is 9.83. The summed E-state index contributed by atoms with van der Waals surface area (Å²) in [6, 6.07) is 4.15. The number of pyridine rings is 1. The smallest absolute Gasteiger partial charge is 0.320 e. The molecule has 2 heterocycles. The number of benzene rings is 1. The van der Waals surface area contributed by atoms with Crippen LogP contribution >= 0.6 is 0 Å². The van der Waals surface area contributed by atoms with E-state index >= 15 is 0 Å². The summed E-state index contributed by atoms with van der Waals surface area (Å²) in [5.74, 6) is -5.62. The van der Waals surface area contributed by atoms with E-state index in [1.165, 1.54) is 12.3 Å². The van der Waals surface area contributed by atoms with Crippen LogP contribution in [0, 0.1) is 11.6 Å². The summed E-state index contributed by atoms with van der Waals surface area (Å²) in [6.07, 6.45) is 2.47. The van der Waals surface area contributed by atoms with E-state index in [1.807, 2.05) is 13.8 Å². The van der Waals surface area contributed by atoms with Crippen molar-refractivity contribution in [1.82, 2.24) is 14.8 Å². The van der Waals surface area contributed by atoms with Crippen LogP contribution in [-0.2, 0) is 0 Å². The fourth-order valence-electron chi connectivity index (χ4n) is 3.91. The number of alkyl halides is 4. The lowest BCUT2D eigenvalue weighted by Crippen LogP contribution is -2.25. The molecule has 3 aromatic rings. The summed E-state index contributed by atoms with van der Waals surface area (Å²) < 4.78 is 81.8. The number of halogens is 6. The number of hydrogen-bond donors (Lipinski definition) is 1. The van der Waals surface area contributed by atoms with Crippen molar-refractivity contribution in [1.29, 1.82) is 0 Å². The van der Waals surface area contributed by atoms with Gasteiger partial charge in [0, 0.05) is 42.3 Å². The predicted octanol–water partition coefficient (Wildman–Crippen LogP) is 7.19. The predicted molar refractivity (Wildman–Crippen MR) is 119 cm³/mol. The highest BCUT2D eigenvalue weighted by Gasteiger charge is 2.37. The van der Waals surface area contributed by atoms with Crippen LogP contribution in [0.1, 0.15) is 68.0 Å². The molecule has 2 aromatic heterocycles. The summed E-state index contributed by atoms with van der Waals surface area (Å²) in [6.45, 7) is 1.04. The Morgan fingerprint density at radius 1 is 1.11 bits per heavy atom. The van der Waals surface area contributed by atoms with Crippen molar-refractivity contribution in [2.75, 3.05) is 5.32 Å². The third-order valence-electron chi connectivity index (χ3n) is 5.60. The Hall–Kier alpha value is -3.37. The van der Waals surface area contributed by atoms with Crippen molar-refractivity contribution in [3.63, 3.8) is 0 Å². The van der Waals surface area contributed by atoms with Gasteiger partial charge in [0.25, 0.3) is 5.91 Å². The molecular weight excluding hydrogens is 474 g/mol. The zero-order valence-corrected chi connectivity index (χ0v) is 19.0. The highest BCUT2D eigenvalue weighted by molar-refractivity contribution is 6.06. The number of aromatic nitrogens is 3. The van der Waals surface area contributed by atoms with E-state index in [1.54, 1.807) is 0 Å². The van der Waals surface area contributed by atoms with E-state index in [0.29, 0.717) is 0 Å². The number of carbonyl (C=O) groups is 1. The largest absolute Gasteiger partial charge is 0.333 e. The quantitative estimate of drug-likeness (QED) is 0.379. The Balaban J connectivity index is 0.00000167. The Morgan fingerprint density at radius 2 is 1.80 bits per heavy atom. The van der Waals surface area contributed by atoms with Crippen molar-refractivity contribution >= 4 is 11.6 Å². The van der Waals surface area contributed by atoms with E-state index in [4.69, 9.17) is 0 Å². The summed E-state index contributed by atoms with van der Waals surface area (Å²) >= 11 is 0. The number of nitrogens with one attached hydrogen (secondary N) is 1. The lowest BCUT2D eigenvalue weighted by Gasteiger charge is -2.29. The first-order chi connectivity index (χ1) is 16.6. The van der Waals surface area contributed by atoms with Crippen molar-refractivity contribution in [2.24, 2.45) is 0 Å². The molecule has 5 nitrogen and oxygen atoms in total. The first-order valence-electron chi connectivity index (χ1n) is 11.1. The van der Waals surface area contributed by atoms with Gasteiger partial charge in [-0.3, -0.25) is 9.78 Å². The molecule has 1 aliphatic rings. The number of anilines is 1. The van der Waals surface area contributed by atoms with Gasteiger partial charge >= 0.3 is 6.55 Å². The van der Waals surface area contributed by atoms with Gasteiger partial charge in [-0.05, 0) is 37.1 Å². The zero-order chi connectivity index (χ0) is 25.8. The Kier molecular flexibility index (Phi) is 8.18. The molecule has 0 aliphatic heterocycles. The lowest BCUT2D eigenvalue weighted by molar-refractivity contribution is -0.0384. The highest BCUT2D eigenvalue weighted by atomic mass is 19.3. The first-order valence-corrected chi connectivity index (χ1v) is 11.1. The van der Waals surface area contributed by atoms with Gasteiger partial charge in [-0.25, -0.2) is 22.2 Å². The minimum absolute atomic E-state index is 0.00649. The Bertz CT molecular complexity index is 1170. The second-order valence-corrected chi connectivity index (χ2v) is 7.81. The summed E-state index contributed by atoms with van der Waals surface area (Å²) in [5, 5.41) is 5.94. The molecular formula is C24H24F6N4O. The number of carbonyl (C=O) groups excluding carboxylic acids is 1. The van der Waals surface area contributed by atoms with E-state index in [-0.39, 0.29) is 58.4 Å². The van der Waals surface area contributed by atoms with E-state index < -0.39 is 35.9 Å². The zero-order valence-electron chi connectivity index (χ0n) is 19.0. The first kappa shape index (κ1) is 26.2. The molecule has 0 unspecified atom stereocenters. The molecule has 4 rings (SSSR count). The standard InChI is InChI=1S/C22H18F6N4O.C2H6/c23-14-1-2-17(24)16(9-14)15-5-8-29-18(12-3-6-22(27,28)7-4-12)19(15)31-20(33)13-10-30-32(11-13)21(25)26;1-2/h1-2,5,8-12,21H,3-4,6-7H2,(H,31,33);1-2H3. The second kappa shape index (κ2) is 10.9. The van der Waals surface area contributed by atoms with Crippen molar-refractivity contribution < 1.29 is 31.1 Å². The number of rotatable bonds is 5. The highest BCUT2D eigenvalue weighted by Crippen LogP contribution is 2.44. The average Bonchev–Trinajstić information content (AvgIpc) is 3.33. The van der Waals surface area contributed by atoms with Crippen LogP contribution in [0.2, 0.25) is 0 Å². The molecule has 1 N–H and O–H groups in total. The van der Waals surface area contributed by atoms with Crippen LogP contribution in [0.3, 0.4) is 0 Å². The third kappa shape index (κ3) is 6.01. The van der Waals surface area contributed by atoms with E-state index in [0.717, 1.165) is 30.6 Å². The number of nitrogens with zero attached hydrogens (tertiary/aromatic N) is 3. The fraction of sp³-hybridized carbons (Fsp3) is 0.375. The molecule has 0 saturated heterocycles. The molecule has 188 valence electrons. The van der Waals surface area contributed by atoms with Gasteiger partial charge in [0.15, 0.2) is 0 Å². The van der Waals surface area contributed by atoms with Crippen molar-refractivity contribution in [3.05, 3.63) is 65.7 Å². The molecule has 1 aliphatic carbocycles. The Labute approximate surface area is 198 Å². The van der Waals surface area contributed by atoms with Gasteiger partial charge in [-0.2, -0.15) is 13.9 Å². The van der Waals surface area contributed by atoms with Crippen LogP contribution in [-0.4, -0.2) is 26.6 Å². The summed E-state index contributed by atoms with van der Waals surface area (Å²) in [4.78, 5) is 17.1. The number of hydrogen-bond acceptors (Lipinski definition) is 3. The molecule has 1 aromatic carbocycles. The van der Waals surface area contributed by atoms with Gasteiger partial charge in [-0.15, -0.1) is 0 Å². The Morgan fingerprint density at radius 3 is 2.43 bits per heavy atom. The maximum Gasteiger partial charge on any atom is 0.333 e. The maximum atomic E-state index is 14.6. The normalized spacial score (nSPS) is 15.5. The molecule has 35 heavy (non-hydrogen) atoms. The molecule has 0 spiro atoms. The second-order valence-electron chi connectivity index (χ2n) is 7.81. The van der Waals surface area contributed by atoms with Crippen LogP contribution in [0.25, 0.3) is 11.1 Å².